The minimum Gasteiger partial charge on any atom is -0.744 e. The third kappa shape index (κ3) is 6.21. The summed E-state index contributed by atoms with van der Waals surface area (Å²) in [5.74, 6) is 0.577. The van der Waals surface area contributed by atoms with Crippen LogP contribution in [0, 0.1) is 13.8 Å². The summed E-state index contributed by atoms with van der Waals surface area (Å²) >= 11 is 0. The summed E-state index contributed by atoms with van der Waals surface area (Å²) in [7, 11) is -3.00. The van der Waals surface area contributed by atoms with Crippen LogP contribution in [0.2, 0.25) is 0 Å². The van der Waals surface area contributed by atoms with E-state index >= 15 is 0 Å². The average molecular weight is 481 g/mol. The zero-order chi connectivity index (χ0) is 23.5. The number of unbranched alkanes of at least 4 members (excludes halogenated alkanes) is 1. The molecule has 9 nitrogen and oxygen atoms in total. The van der Waals surface area contributed by atoms with Gasteiger partial charge in [0.15, 0.2) is 5.69 Å². The van der Waals surface area contributed by atoms with Crippen molar-refractivity contribution in [2.75, 3.05) is 7.11 Å². The van der Waals surface area contributed by atoms with E-state index in [1.807, 2.05) is 19.1 Å². The van der Waals surface area contributed by atoms with Gasteiger partial charge in [0.2, 0.25) is 0 Å². The minimum absolute atomic E-state index is 0. The molecule has 0 saturated heterocycles. The predicted molar refractivity (Wildman–Crippen MR) is 120 cm³/mol. The zero-order valence-electron chi connectivity index (χ0n) is 19.4. The van der Waals surface area contributed by atoms with Crippen molar-refractivity contribution in [1.82, 2.24) is 9.78 Å². The number of aromatic nitrogens is 2. The van der Waals surface area contributed by atoms with Gasteiger partial charge in [-0.15, -0.1) is 10.2 Å². The van der Waals surface area contributed by atoms with Crippen molar-refractivity contribution in [2.45, 2.75) is 44.9 Å². The molecule has 3 aromatic rings. The summed E-state index contributed by atoms with van der Waals surface area (Å²) in [6.45, 7) is 5.82. The number of aromatic amines is 1. The van der Waals surface area contributed by atoms with Crippen molar-refractivity contribution < 1.29 is 47.3 Å². The molecule has 0 aliphatic carbocycles. The summed E-state index contributed by atoms with van der Waals surface area (Å²) in [6, 6.07) is 8.86. The quantitative estimate of drug-likeness (QED) is 0.296. The molecule has 0 aliphatic heterocycles. The summed E-state index contributed by atoms with van der Waals surface area (Å²) < 4.78 is 40.0. The van der Waals surface area contributed by atoms with E-state index in [9.17, 15) is 17.8 Å². The molecule has 0 amide bonds. The molecule has 0 aliphatic rings. The molecule has 0 atom stereocenters. The van der Waals surface area contributed by atoms with Gasteiger partial charge < -0.3 is 9.29 Å². The van der Waals surface area contributed by atoms with Crippen LogP contribution in [0.3, 0.4) is 0 Å². The van der Waals surface area contributed by atoms with E-state index in [4.69, 9.17) is 4.74 Å². The van der Waals surface area contributed by atoms with Crippen LogP contribution in [0.15, 0.2) is 56.3 Å². The molecule has 11 heteroatoms. The smallest absolute Gasteiger partial charge is 0.744 e. The van der Waals surface area contributed by atoms with Crippen LogP contribution in [0.25, 0.3) is 5.69 Å². The van der Waals surface area contributed by atoms with Crippen molar-refractivity contribution in [2.24, 2.45) is 10.2 Å². The molecular weight excluding hydrogens is 455 g/mol. The van der Waals surface area contributed by atoms with Crippen molar-refractivity contribution in [1.29, 1.82) is 0 Å². The van der Waals surface area contributed by atoms with E-state index in [0.29, 0.717) is 22.8 Å². The second-order valence-electron chi connectivity index (χ2n) is 7.43. The van der Waals surface area contributed by atoms with Gasteiger partial charge in [0.05, 0.1) is 23.4 Å². The number of H-pyrrole nitrogens is 1. The summed E-state index contributed by atoms with van der Waals surface area (Å²) in [4.78, 5) is 12.5. The molecule has 1 heterocycles. The number of methoxy groups -OCH3 is 1. The number of hydrogen-bond donors (Lipinski definition) is 1. The molecule has 0 bridgehead atoms. The number of hydrogen-bond acceptors (Lipinski definition) is 7. The van der Waals surface area contributed by atoms with Crippen LogP contribution in [0.1, 0.15) is 36.6 Å². The van der Waals surface area contributed by atoms with E-state index < -0.39 is 15.7 Å². The van der Waals surface area contributed by atoms with Gasteiger partial charge >= 0.3 is 29.6 Å². The van der Waals surface area contributed by atoms with Crippen molar-refractivity contribution in [3.8, 4) is 11.4 Å². The van der Waals surface area contributed by atoms with Crippen molar-refractivity contribution >= 4 is 21.5 Å². The second-order valence-corrected chi connectivity index (χ2v) is 8.81. The van der Waals surface area contributed by atoms with Gasteiger partial charge in [-0.1, -0.05) is 13.3 Å². The molecule has 0 radical (unpaired) electrons. The Balaban J connectivity index is 0.00000385. The molecule has 2 aromatic carbocycles. The molecule has 1 aromatic heterocycles. The van der Waals surface area contributed by atoms with Crippen molar-refractivity contribution in [3.63, 3.8) is 0 Å². The first-order valence-electron chi connectivity index (χ1n) is 10.1. The Morgan fingerprint density at radius 1 is 1.12 bits per heavy atom. The van der Waals surface area contributed by atoms with Crippen LogP contribution >= 0.6 is 0 Å². The maximum atomic E-state index is 12.9. The average Bonchev–Trinajstić information content (AvgIpc) is 3.04. The van der Waals surface area contributed by atoms with E-state index in [1.54, 1.807) is 14.0 Å². The Morgan fingerprint density at radius 3 is 2.36 bits per heavy atom. The van der Waals surface area contributed by atoms with Crippen LogP contribution in [0.4, 0.5) is 11.4 Å². The molecule has 0 spiro atoms. The molecule has 1 N–H and O–H groups in total. The minimum atomic E-state index is -4.57. The molecule has 0 fully saturated rings. The fraction of sp³-hybridized carbons (Fsp3) is 0.318. The number of benzene rings is 2. The Hall–Kier alpha value is -2.24. The number of azo groups is 1. The normalized spacial score (nSPS) is 11.5. The first kappa shape index (κ1) is 27.0. The monoisotopic (exact) mass is 480 g/mol. The summed E-state index contributed by atoms with van der Waals surface area (Å²) in [6.07, 6.45) is 3.12. The molecular formula is C22H25N4NaO5S. The topological polar surface area (TPSA) is 129 Å². The first-order chi connectivity index (χ1) is 15.2. The number of rotatable bonds is 8. The van der Waals surface area contributed by atoms with E-state index in [1.165, 1.54) is 22.4 Å². The van der Waals surface area contributed by atoms with Gasteiger partial charge in [0.25, 0.3) is 5.56 Å². The fourth-order valence-corrected chi connectivity index (χ4v) is 3.77. The maximum absolute atomic E-state index is 12.9. The summed E-state index contributed by atoms with van der Waals surface area (Å²) in [5.41, 5.74) is 3.27. The van der Waals surface area contributed by atoms with E-state index in [0.717, 1.165) is 37.0 Å². The SMILES string of the molecule is CCCCc1cc(OC)c(N=Nc2c(C)[nH]n(-c3ccc(S(=O)(=O)[O-])cc3)c2=O)cc1C.[Na+]. The Bertz CT molecular complexity index is 1310. The third-order valence-electron chi connectivity index (χ3n) is 5.12. The number of nitrogens with zero attached hydrogens (tertiary/aromatic N) is 3. The predicted octanol–water partition coefficient (Wildman–Crippen LogP) is 1.46. The van der Waals surface area contributed by atoms with Gasteiger partial charge in [-0.25, -0.2) is 13.1 Å². The fourth-order valence-electron chi connectivity index (χ4n) is 3.30. The van der Waals surface area contributed by atoms with Gasteiger partial charge in [0.1, 0.15) is 21.6 Å². The van der Waals surface area contributed by atoms with Crippen LogP contribution < -0.4 is 39.9 Å². The summed E-state index contributed by atoms with van der Waals surface area (Å²) in [5, 5.41) is 11.3. The Kier molecular flexibility index (Phi) is 9.21. The Morgan fingerprint density at radius 2 is 1.79 bits per heavy atom. The van der Waals surface area contributed by atoms with E-state index in [-0.39, 0.29) is 40.1 Å². The molecule has 33 heavy (non-hydrogen) atoms. The Labute approximate surface area is 214 Å². The standard InChI is InChI=1S/C22H26N4O5S.Na/c1-5-6-7-16-13-20(31-4)19(12-14(16)2)23-24-21-15(3)25-26(22(21)27)17-8-10-18(11-9-17)32(28,29)30;/h8-13,25H,5-7H2,1-4H3,(H,28,29,30);/q;+1/p-1. The maximum Gasteiger partial charge on any atom is 1.00 e. The zero-order valence-corrected chi connectivity index (χ0v) is 22.2. The van der Waals surface area contributed by atoms with Crippen LogP contribution in [0.5, 0.6) is 5.75 Å². The largest absolute Gasteiger partial charge is 1.00 e. The van der Waals surface area contributed by atoms with Gasteiger partial charge in [-0.2, -0.15) is 0 Å². The molecule has 0 saturated carbocycles. The number of nitrogens with one attached hydrogen (secondary N) is 1. The third-order valence-corrected chi connectivity index (χ3v) is 5.97. The van der Waals surface area contributed by atoms with E-state index in [2.05, 4.69) is 22.3 Å². The van der Waals surface area contributed by atoms with Gasteiger partial charge in [-0.05, 0) is 74.2 Å². The van der Waals surface area contributed by atoms with Gasteiger partial charge in [-0.3, -0.25) is 9.89 Å². The molecule has 3 rings (SSSR count). The number of ether oxygens (including phenoxy) is 1. The molecule has 0 unspecified atom stereocenters. The number of aryl methyl sites for hydroxylation is 3. The second kappa shape index (κ2) is 11.3. The van der Waals surface area contributed by atoms with Gasteiger partial charge in [0, 0.05) is 0 Å². The van der Waals surface area contributed by atoms with Crippen molar-refractivity contribution in [3.05, 3.63) is 63.6 Å². The first-order valence-corrected chi connectivity index (χ1v) is 11.5. The molecule has 170 valence electrons. The van der Waals surface area contributed by atoms with Crippen LogP contribution in [-0.4, -0.2) is 29.9 Å². The van der Waals surface area contributed by atoms with Crippen LogP contribution in [-0.2, 0) is 16.5 Å².